The van der Waals surface area contributed by atoms with E-state index in [9.17, 15) is 8.78 Å². The standard InChI is InChI=1S/C24H25F2N3O/c1-5-29(4)15-27-23-14-22(18-9-7-6-8-10-18)24(28-16(23)2)30-17(3)19-11-20(25)13-21(26)12-19/h6-15,17H,5H2,1-4H3. The van der Waals surface area contributed by atoms with Crippen LogP contribution in [-0.2, 0) is 0 Å². The highest BCUT2D eigenvalue weighted by Crippen LogP contribution is 2.36. The highest BCUT2D eigenvalue weighted by Gasteiger charge is 2.17. The molecular formula is C24H25F2N3O. The molecule has 4 nitrogen and oxygen atoms in total. The fraction of sp³-hybridized carbons (Fsp3) is 0.250. The van der Waals surface area contributed by atoms with Crippen molar-refractivity contribution >= 4 is 12.0 Å². The lowest BCUT2D eigenvalue weighted by atomic mass is 10.1. The van der Waals surface area contributed by atoms with Crippen molar-refractivity contribution in [3.8, 4) is 17.0 Å². The Hall–Kier alpha value is -3.28. The summed E-state index contributed by atoms with van der Waals surface area (Å²) in [4.78, 5) is 11.1. The molecule has 0 fully saturated rings. The molecule has 0 N–H and O–H groups in total. The summed E-state index contributed by atoms with van der Waals surface area (Å²) in [5, 5.41) is 0. The first kappa shape index (κ1) is 21.4. The van der Waals surface area contributed by atoms with Crippen molar-refractivity contribution in [1.82, 2.24) is 9.88 Å². The molecular weight excluding hydrogens is 384 g/mol. The predicted molar refractivity (Wildman–Crippen MR) is 116 cm³/mol. The maximum atomic E-state index is 13.6. The van der Waals surface area contributed by atoms with Gasteiger partial charge >= 0.3 is 0 Å². The summed E-state index contributed by atoms with van der Waals surface area (Å²) in [6, 6.07) is 15.0. The van der Waals surface area contributed by atoms with Gasteiger partial charge in [-0.1, -0.05) is 30.3 Å². The van der Waals surface area contributed by atoms with Crippen LogP contribution in [0, 0.1) is 18.6 Å². The first-order valence-corrected chi connectivity index (χ1v) is 9.81. The first-order chi connectivity index (χ1) is 14.4. The van der Waals surface area contributed by atoms with E-state index in [0.29, 0.717) is 17.1 Å². The Morgan fingerprint density at radius 2 is 1.77 bits per heavy atom. The molecule has 0 aliphatic heterocycles. The van der Waals surface area contributed by atoms with Gasteiger partial charge in [-0.05, 0) is 50.1 Å². The van der Waals surface area contributed by atoms with Crippen LogP contribution in [0.15, 0.2) is 59.6 Å². The lowest BCUT2D eigenvalue weighted by molar-refractivity contribution is 0.217. The second-order valence-electron chi connectivity index (χ2n) is 7.09. The summed E-state index contributed by atoms with van der Waals surface area (Å²) in [5.41, 5.74) is 3.50. The third-order valence-electron chi connectivity index (χ3n) is 4.77. The summed E-state index contributed by atoms with van der Waals surface area (Å²) in [6.07, 6.45) is 1.17. The van der Waals surface area contributed by atoms with E-state index in [1.807, 2.05) is 62.2 Å². The van der Waals surface area contributed by atoms with Crippen LogP contribution in [0.5, 0.6) is 5.88 Å². The van der Waals surface area contributed by atoms with Gasteiger partial charge < -0.3 is 9.64 Å². The van der Waals surface area contributed by atoms with E-state index >= 15 is 0 Å². The second-order valence-corrected chi connectivity index (χ2v) is 7.09. The van der Waals surface area contributed by atoms with E-state index in [1.165, 1.54) is 12.1 Å². The summed E-state index contributed by atoms with van der Waals surface area (Å²) >= 11 is 0. The summed E-state index contributed by atoms with van der Waals surface area (Å²) in [6.45, 7) is 6.47. The Balaban J connectivity index is 2.02. The number of hydrogen-bond acceptors (Lipinski definition) is 3. The van der Waals surface area contributed by atoms with Crippen LogP contribution in [-0.4, -0.2) is 29.8 Å². The zero-order chi connectivity index (χ0) is 21.7. The number of benzene rings is 2. The van der Waals surface area contributed by atoms with Crippen molar-refractivity contribution < 1.29 is 13.5 Å². The SMILES string of the molecule is CCN(C)C=Nc1cc(-c2ccccc2)c(OC(C)c2cc(F)cc(F)c2)nc1C. The molecule has 2 aromatic carbocycles. The number of pyridine rings is 1. The molecule has 1 heterocycles. The molecule has 0 amide bonds. The molecule has 6 heteroatoms. The molecule has 0 saturated heterocycles. The van der Waals surface area contributed by atoms with Crippen molar-refractivity contribution in [2.24, 2.45) is 4.99 Å². The molecule has 1 aromatic heterocycles. The number of halogens is 2. The maximum Gasteiger partial charge on any atom is 0.222 e. The van der Waals surface area contributed by atoms with Crippen molar-refractivity contribution in [3.05, 3.63) is 77.5 Å². The van der Waals surface area contributed by atoms with Crippen LogP contribution in [0.25, 0.3) is 11.1 Å². The van der Waals surface area contributed by atoms with Gasteiger partial charge in [-0.3, -0.25) is 0 Å². The molecule has 3 aromatic rings. The maximum absolute atomic E-state index is 13.6. The Labute approximate surface area is 175 Å². The number of aliphatic imine (C=N–C) groups is 1. The molecule has 30 heavy (non-hydrogen) atoms. The van der Waals surface area contributed by atoms with Crippen molar-refractivity contribution in [1.29, 1.82) is 0 Å². The van der Waals surface area contributed by atoms with Crippen LogP contribution in [0.3, 0.4) is 0 Å². The van der Waals surface area contributed by atoms with Gasteiger partial charge in [0.1, 0.15) is 17.7 Å². The highest BCUT2D eigenvalue weighted by atomic mass is 19.1. The van der Waals surface area contributed by atoms with Crippen LogP contribution < -0.4 is 4.74 Å². The number of aryl methyl sites for hydroxylation is 1. The van der Waals surface area contributed by atoms with Crippen LogP contribution in [0.1, 0.15) is 31.2 Å². The van der Waals surface area contributed by atoms with Crippen LogP contribution in [0.2, 0.25) is 0 Å². The van der Waals surface area contributed by atoms with Gasteiger partial charge in [-0.2, -0.15) is 0 Å². The van der Waals surface area contributed by atoms with Gasteiger partial charge in [0.05, 0.1) is 17.7 Å². The topological polar surface area (TPSA) is 37.7 Å². The molecule has 0 saturated carbocycles. The number of nitrogens with zero attached hydrogens (tertiary/aromatic N) is 3. The molecule has 0 aliphatic carbocycles. The quantitative estimate of drug-likeness (QED) is 0.350. The van der Waals surface area contributed by atoms with Crippen molar-refractivity contribution in [3.63, 3.8) is 0 Å². The zero-order valence-electron chi connectivity index (χ0n) is 17.6. The van der Waals surface area contributed by atoms with Gasteiger partial charge in [-0.25, -0.2) is 18.8 Å². The number of hydrogen-bond donors (Lipinski definition) is 0. The minimum Gasteiger partial charge on any atom is -0.469 e. The predicted octanol–water partition coefficient (Wildman–Crippen LogP) is 6.09. The minimum absolute atomic E-state index is 0.388. The zero-order valence-corrected chi connectivity index (χ0v) is 17.6. The van der Waals surface area contributed by atoms with Crippen molar-refractivity contribution in [2.45, 2.75) is 26.9 Å². The normalized spacial score (nSPS) is 12.2. The number of aromatic nitrogens is 1. The van der Waals surface area contributed by atoms with Gasteiger partial charge in [0.15, 0.2) is 0 Å². The average molecular weight is 409 g/mol. The van der Waals surface area contributed by atoms with E-state index in [-0.39, 0.29) is 0 Å². The average Bonchev–Trinajstić information content (AvgIpc) is 2.72. The molecule has 1 atom stereocenters. The third-order valence-corrected chi connectivity index (χ3v) is 4.77. The van der Waals surface area contributed by atoms with Crippen LogP contribution in [0.4, 0.5) is 14.5 Å². The third kappa shape index (κ3) is 5.20. The second kappa shape index (κ2) is 9.48. The fourth-order valence-corrected chi connectivity index (χ4v) is 2.91. The van der Waals surface area contributed by atoms with E-state index in [4.69, 9.17) is 4.74 Å². The Morgan fingerprint density at radius 3 is 2.40 bits per heavy atom. The molecule has 0 radical (unpaired) electrons. The molecule has 1 unspecified atom stereocenters. The summed E-state index contributed by atoms with van der Waals surface area (Å²) in [5.74, 6) is -0.895. The molecule has 3 rings (SSSR count). The molecule has 0 aliphatic rings. The Bertz CT molecular complexity index is 1020. The summed E-state index contributed by atoms with van der Waals surface area (Å²) < 4.78 is 33.3. The summed E-state index contributed by atoms with van der Waals surface area (Å²) in [7, 11) is 1.95. The Morgan fingerprint density at radius 1 is 1.10 bits per heavy atom. The van der Waals surface area contributed by atoms with Gasteiger partial charge in [0, 0.05) is 25.2 Å². The van der Waals surface area contributed by atoms with Gasteiger partial charge in [-0.15, -0.1) is 0 Å². The van der Waals surface area contributed by atoms with Crippen LogP contribution >= 0.6 is 0 Å². The van der Waals surface area contributed by atoms with E-state index in [1.54, 1.807) is 13.3 Å². The van der Waals surface area contributed by atoms with Gasteiger partial charge in [0.2, 0.25) is 5.88 Å². The minimum atomic E-state index is -0.641. The molecule has 0 bridgehead atoms. The van der Waals surface area contributed by atoms with E-state index in [2.05, 4.69) is 9.98 Å². The Kier molecular flexibility index (Phi) is 6.77. The number of ether oxygens (including phenoxy) is 1. The fourth-order valence-electron chi connectivity index (χ4n) is 2.91. The van der Waals surface area contributed by atoms with E-state index < -0.39 is 17.7 Å². The van der Waals surface area contributed by atoms with Crippen molar-refractivity contribution in [2.75, 3.05) is 13.6 Å². The largest absolute Gasteiger partial charge is 0.469 e. The monoisotopic (exact) mass is 409 g/mol. The molecule has 156 valence electrons. The smallest absolute Gasteiger partial charge is 0.222 e. The highest BCUT2D eigenvalue weighted by molar-refractivity contribution is 5.74. The molecule has 0 spiro atoms. The first-order valence-electron chi connectivity index (χ1n) is 9.81. The lowest BCUT2D eigenvalue weighted by Crippen LogP contribution is -2.14. The van der Waals surface area contributed by atoms with E-state index in [0.717, 1.165) is 29.4 Å². The van der Waals surface area contributed by atoms with Gasteiger partial charge in [0.25, 0.3) is 0 Å². The number of rotatable bonds is 7. The lowest BCUT2D eigenvalue weighted by Gasteiger charge is -2.19.